The number of fused-ring (bicyclic) bond motifs is 1. The zero-order valence-electron chi connectivity index (χ0n) is 14.5. The number of amides is 1. The lowest BCUT2D eigenvalue weighted by atomic mass is 9.81. The number of nitrogens with zero attached hydrogens (tertiary/aromatic N) is 2. The van der Waals surface area contributed by atoms with Crippen LogP contribution in [0.2, 0.25) is 0 Å². The van der Waals surface area contributed by atoms with Crippen molar-refractivity contribution < 1.29 is 14.7 Å². The van der Waals surface area contributed by atoms with Crippen LogP contribution in [0, 0.1) is 11.8 Å². The van der Waals surface area contributed by atoms with Gasteiger partial charge in [-0.05, 0) is 37.8 Å². The first-order valence-electron chi connectivity index (χ1n) is 9.15. The second-order valence-corrected chi connectivity index (χ2v) is 8.18. The van der Waals surface area contributed by atoms with E-state index in [4.69, 9.17) is 10.1 Å². The number of rotatable bonds is 3. The summed E-state index contributed by atoms with van der Waals surface area (Å²) in [6.07, 6.45) is 6.92. The zero-order valence-corrected chi connectivity index (χ0v) is 15.3. The second kappa shape index (κ2) is 7.19. The minimum Gasteiger partial charge on any atom is -0.481 e. The van der Waals surface area contributed by atoms with Crippen LogP contribution in [-0.2, 0) is 9.59 Å². The second-order valence-electron chi connectivity index (χ2n) is 7.11. The van der Waals surface area contributed by atoms with E-state index in [-0.39, 0.29) is 23.7 Å². The van der Waals surface area contributed by atoms with Crippen molar-refractivity contribution in [3.8, 4) is 0 Å². The summed E-state index contributed by atoms with van der Waals surface area (Å²) in [5, 5.41) is 10.2. The third kappa shape index (κ3) is 3.26. The molecular weight excluding hydrogens is 348 g/mol. The Morgan fingerprint density at radius 2 is 1.85 bits per heavy atom. The lowest BCUT2D eigenvalue weighted by molar-refractivity contribution is -0.147. The smallest absolute Gasteiger partial charge is 0.306 e. The Balaban J connectivity index is 1.53. The van der Waals surface area contributed by atoms with Crippen LogP contribution >= 0.6 is 11.3 Å². The highest BCUT2D eigenvalue weighted by molar-refractivity contribution is 7.18. The summed E-state index contributed by atoms with van der Waals surface area (Å²) in [5.41, 5.74) is 0.996. The van der Waals surface area contributed by atoms with Crippen LogP contribution in [0.25, 0.3) is 10.2 Å². The predicted molar refractivity (Wildman–Crippen MR) is 101 cm³/mol. The molecule has 2 heterocycles. The highest BCUT2D eigenvalue weighted by atomic mass is 32.1. The van der Waals surface area contributed by atoms with Crippen molar-refractivity contribution >= 4 is 33.4 Å². The lowest BCUT2D eigenvalue weighted by Gasteiger charge is -2.35. The Bertz CT molecular complexity index is 819. The molecule has 4 rings (SSSR count). The molecule has 2 unspecified atom stereocenters. The number of benzene rings is 1. The van der Waals surface area contributed by atoms with Crippen LogP contribution in [0.3, 0.4) is 0 Å². The summed E-state index contributed by atoms with van der Waals surface area (Å²) in [7, 11) is 0. The molecule has 0 saturated carbocycles. The van der Waals surface area contributed by atoms with Gasteiger partial charge in [-0.15, -0.1) is 11.3 Å². The molecule has 0 spiro atoms. The van der Waals surface area contributed by atoms with E-state index in [2.05, 4.69) is 18.2 Å². The predicted octanol–water partition coefficient (Wildman–Crippen LogP) is 3.67. The van der Waals surface area contributed by atoms with Gasteiger partial charge in [0.25, 0.3) is 0 Å². The number of carbonyl (C=O) groups excluding carboxylic acids is 1. The SMILES string of the molecule is O=C(O)C1CCN(C(=O)C2CC=CCC2c2nc3ccccc3s2)CC1. The van der Waals surface area contributed by atoms with Gasteiger partial charge < -0.3 is 10.0 Å². The number of thiazole rings is 1. The number of hydrogen-bond donors (Lipinski definition) is 1. The Kier molecular flexibility index (Phi) is 4.76. The van der Waals surface area contributed by atoms with Gasteiger partial charge >= 0.3 is 5.97 Å². The number of likely N-dealkylation sites (tertiary alicyclic amines) is 1. The molecule has 136 valence electrons. The first kappa shape index (κ1) is 17.2. The van der Waals surface area contributed by atoms with Gasteiger partial charge in [0.05, 0.1) is 27.1 Å². The van der Waals surface area contributed by atoms with Crippen LogP contribution in [0.15, 0.2) is 36.4 Å². The summed E-state index contributed by atoms with van der Waals surface area (Å²) in [4.78, 5) is 30.9. The van der Waals surface area contributed by atoms with Gasteiger partial charge in [-0.3, -0.25) is 9.59 Å². The summed E-state index contributed by atoms with van der Waals surface area (Å²) >= 11 is 1.68. The highest BCUT2D eigenvalue weighted by Gasteiger charge is 2.36. The van der Waals surface area contributed by atoms with Crippen molar-refractivity contribution in [3.63, 3.8) is 0 Å². The van der Waals surface area contributed by atoms with Crippen LogP contribution in [-0.4, -0.2) is 40.0 Å². The number of allylic oxidation sites excluding steroid dienone is 2. The third-order valence-electron chi connectivity index (χ3n) is 5.53. The standard InChI is InChI=1S/C20H22N2O3S/c23-19(22-11-9-13(10-12-22)20(24)25)15-6-2-1-5-14(15)18-21-16-7-3-4-8-17(16)26-18/h1-4,7-8,13-15H,5-6,9-12H2,(H,24,25). The maximum absolute atomic E-state index is 13.2. The lowest BCUT2D eigenvalue weighted by Crippen LogP contribution is -2.44. The van der Waals surface area contributed by atoms with Crippen LogP contribution < -0.4 is 0 Å². The van der Waals surface area contributed by atoms with Crippen molar-refractivity contribution in [3.05, 3.63) is 41.4 Å². The maximum atomic E-state index is 13.2. The monoisotopic (exact) mass is 370 g/mol. The number of carboxylic acid groups (broad SMARTS) is 1. The summed E-state index contributed by atoms with van der Waals surface area (Å²) in [6.45, 7) is 1.09. The molecule has 1 saturated heterocycles. The molecule has 1 amide bonds. The van der Waals surface area contributed by atoms with Gasteiger partial charge in [0.2, 0.25) is 5.91 Å². The van der Waals surface area contributed by atoms with Crippen molar-refractivity contribution in [2.45, 2.75) is 31.6 Å². The Morgan fingerprint density at radius 1 is 1.12 bits per heavy atom. The Morgan fingerprint density at radius 3 is 2.58 bits per heavy atom. The Labute approximate surface area is 156 Å². The molecule has 0 bridgehead atoms. The number of aromatic nitrogens is 1. The molecule has 1 aliphatic heterocycles. The fourth-order valence-electron chi connectivity index (χ4n) is 3.99. The first-order valence-corrected chi connectivity index (χ1v) is 9.97. The first-order chi connectivity index (χ1) is 12.6. The highest BCUT2D eigenvalue weighted by Crippen LogP contribution is 2.39. The van der Waals surface area contributed by atoms with Crippen LogP contribution in [0.4, 0.5) is 0 Å². The molecule has 6 heteroatoms. The van der Waals surface area contributed by atoms with E-state index in [1.165, 1.54) is 0 Å². The van der Waals surface area contributed by atoms with E-state index in [0.29, 0.717) is 25.9 Å². The molecule has 0 radical (unpaired) electrons. The van der Waals surface area contributed by atoms with Gasteiger partial charge in [0.15, 0.2) is 0 Å². The third-order valence-corrected chi connectivity index (χ3v) is 6.70. The number of aliphatic carboxylic acids is 1. The van der Waals surface area contributed by atoms with Crippen molar-refractivity contribution in [2.24, 2.45) is 11.8 Å². The molecule has 1 N–H and O–H groups in total. The van der Waals surface area contributed by atoms with Crippen molar-refractivity contribution in [1.82, 2.24) is 9.88 Å². The number of para-hydroxylation sites is 1. The molecule has 2 atom stereocenters. The molecule has 1 fully saturated rings. The molecule has 1 aromatic carbocycles. The maximum Gasteiger partial charge on any atom is 0.306 e. The van der Waals surface area contributed by atoms with Crippen LogP contribution in [0.5, 0.6) is 0 Å². The van der Waals surface area contributed by atoms with Gasteiger partial charge in [-0.25, -0.2) is 4.98 Å². The number of carbonyl (C=O) groups is 2. The van der Waals surface area contributed by atoms with E-state index in [9.17, 15) is 9.59 Å². The van der Waals surface area contributed by atoms with Crippen molar-refractivity contribution in [1.29, 1.82) is 0 Å². The summed E-state index contributed by atoms with van der Waals surface area (Å²) in [5.74, 6) is -0.887. The van der Waals surface area contributed by atoms with Gasteiger partial charge in [-0.2, -0.15) is 0 Å². The van der Waals surface area contributed by atoms with E-state index in [1.807, 2.05) is 23.1 Å². The fourth-order valence-corrected chi connectivity index (χ4v) is 5.14. The largest absolute Gasteiger partial charge is 0.481 e. The fraction of sp³-hybridized carbons (Fsp3) is 0.450. The van der Waals surface area contributed by atoms with Gasteiger partial charge in [0, 0.05) is 19.0 Å². The Hall–Kier alpha value is -2.21. The van der Waals surface area contributed by atoms with E-state index in [0.717, 1.165) is 28.1 Å². The number of carboxylic acids is 1. The van der Waals surface area contributed by atoms with E-state index >= 15 is 0 Å². The normalized spacial score (nSPS) is 24.1. The topological polar surface area (TPSA) is 70.5 Å². The quantitative estimate of drug-likeness (QED) is 0.837. The molecule has 2 aromatic rings. The van der Waals surface area contributed by atoms with E-state index in [1.54, 1.807) is 11.3 Å². The summed E-state index contributed by atoms with van der Waals surface area (Å²) in [6, 6.07) is 8.09. The average Bonchev–Trinajstić information content (AvgIpc) is 3.11. The molecule has 5 nitrogen and oxygen atoms in total. The molecule has 26 heavy (non-hydrogen) atoms. The van der Waals surface area contributed by atoms with Crippen LogP contribution in [0.1, 0.15) is 36.6 Å². The van der Waals surface area contributed by atoms with Gasteiger partial charge in [-0.1, -0.05) is 24.3 Å². The summed E-state index contributed by atoms with van der Waals surface area (Å²) < 4.78 is 1.16. The minimum absolute atomic E-state index is 0.0954. The molecule has 1 aromatic heterocycles. The molecule has 2 aliphatic rings. The van der Waals surface area contributed by atoms with Crippen molar-refractivity contribution in [2.75, 3.05) is 13.1 Å². The number of piperidine rings is 1. The minimum atomic E-state index is -0.745. The number of hydrogen-bond acceptors (Lipinski definition) is 4. The molecule has 1 aliphatic carbocycles. The molecular formula is C20H22N2O3S. The zero-order chi connectivity index (χ0) is 18.1. The van der Waals surface area contributed by atoms with Gasteiger partial charge in [0.1, 0.15) is 0 Å². The van der Waals surface area contributed by atoms with E-state index < -0.39 is 5.97 Å². The average molecular weight is 370 g/mol.